The molecule has 0 amide bonds. The molecule has 2 aromatic heterocycles. The molecule has 90 valence electrons. The van der Waals surface area contributed by atoms with Crippen LogP contribution in [0, 0.1) is 12.7 Å². The van der Waals surface area contributed by atoms with E-state index in [0.29, 0.717) is 5.69 Å². The van der Waals surface area contributed by atoms with Crippen molar-refractivity contribution in [3.8, 4) is 0 Å². The minimum absolute atomic E-state index is 0.161. The summed E-state index contributed by atoms with van der Waals surface area (Å²) in [6.07, 6.45) is 1.63. The van der Waals surface area contributed by atoms with E-state index in [2.05, 4.69) is 21.7 Å². The number of hydrogen-bond donors (Lipinski definition) is 1. The fourth-order valence-electron chi connectivity index (χ4n) is 1.80. The minimum Gasteiger partial charge on any atom is -0.305 e. The Kier molecular flexibility index (Phi) is 3.86. The molecule has 2 aromatic rings. The summed E-state index contributed by atoms with van der Waals surface area (Å²) in [5, 5.41) is 5.33. The number of aryl methyl sites for hydroxylation is 1. The maximum Gasteiger partial charge on any atom is 0.146 e. The van der Waals surface area contributed by atoms with Crippen LogP contribution in [-0.4, -0.2) is 11.5 Å². The lowest BCUT2D eigenvalue weighted by Crippen LogP contribution is -2.23. The normalized spacial score (nSPS) is 12.6. The zero-order valence-corrected chi connectivity index (χ0v) is 10.7. The standard InChI is InChI=1S/C13H15FN2S/c1-3-15-12(10-7-9(2)17-8-10)13-11(14)5-4-6-16-13/h4-8,12,15H,3H2,1-2H3. The second-order valence-corrected chi connectivity index (χ2v) is 4.97. The molecule has 0 saturated carbocycles. The van der Waals surface area contributed by atoms with Crippen molar-refractivity contribution in [1.82, 2.24) is 10.3 Å². The Hall–Kier alpha value is -1.26. The summed E-state index contributed by atoms with van der Waals surface area (Å²) in [7, 11) is 0. The Labute approximate surface area is 105 Å². The fourth-order valence-corrected chi connectivity index (χ4v) is 2.53. The zero-order chi connectivity index (χ0) is 12.3. The highest BCUT2D eigenvalue weighted by Gasteiger charge is 2.18. The summed E-state index contributed by atoms with van der Waals surface area (Å²) in [6, 6.07) is 4.98. The van der Waals surface area contributed by atoms with Gasteiger partial charge in [-0.15, -0.1) is 11.3 Å². The Balaban J connectivity index is 2.39. The Morgan fingerprint density at radius 2 is 2.35 bits per heavy atom. The number of nitrogens with one attached hydrogen (secondary N) is 1. The van der Waals surface area contributed by atoms with Gasteiger partial charge in [0.25, 0.3) is 0 Å². The van der Waals surface area contributed by atoms with Crippen molar-refractivity contribution < 1.29 is 4.39 Å². The SMILES string of the molecule is CCNC(c1csc(C)c1)c1ncccc1F. The van der Waals surface area contributed by atoms with Crippen LogP contribution in [0.15, 0.2) is 29.8 Å². The third-order valence-corrected chi connectivity index (χ3v) is 3.43. The first kappa shape index (κ1) is 12.2. The van der Waals surface area contributed by atoms with Crippen LogP contribution >= 0.6 is 11.3 Å². The summed E-state index contributed by atoms with van der Waals surface area (Å²) in [5.41, 5.74) is 1.54. The summed E-state index contributed by atoms with van der Waals surface area (Å²) in [4.78, 5) is 5.37. The summed E-state index contributed by atoms with van der Waals surface area (Å²) >= 11 is 1.67. The molecule has 1 N–H and O–H groups in total. The summed E-state index contributed by atoms with van der Waals surface area (Å²) in [5.74, 6) is -0.262. The van der Waals surface area contributed by atoms with Gasteiger partial charge in [0.2, 0.25) is 0 Å². The van der Waals surface area contributed by atoms with Gasteiger partial charge in [0.1, 0.15) is 5.82 Å². The number of nitrogens with zero attached hydrogens (tertiary/aromatic N) is 1. The van der Waals surface area contributed by atoms with E-state index in [1.54, 1.807) is 23.6 Å². The van der Waals surface area contributed by atoms with Gasteiger partial charge < -0.3 is 5.32 Å². The van der Waals surface area contributed by atoms with Crippen LogP contribution in [0.1, 0.15) is 29.1 Å². The molecule has 1 unspecified atom stereocenters. The van der Waals surface area contributed by atoms with Crippen molar-refractivity contribution in [2.75, 3.05) is 6.54 Å². The van der Waals surface area contributed by atoms with E-state index >= 15 is 0 Å². The molecule has 0 aliphatic carbocycles. The molecule has 0 radical (unpaired) electrons. The molecule has 0 aliphatic rings. The lowest BCUT2D eigenvalue weighted by molar-refractivity contribution is 0.543. The van der Waals surface area contributed by atoms with Crippen molar-refractivity contribution in [3.05, 3.63) is 51.7 Å². The van der Waals surface area contributed by atoms with Crippen molar-refractivity contribution in [2.24, 2.45) is 0 Å². The van der Waals surface area contributed by atoms with Gasteiger partial charge in [-0.1, -0.05) is 6.92 Å². The lowest BCUT2D eigenvalue weighted by Gasteiger charge is -2.16. The van der Waals surface area contributed by atoms with Crippen LogP contribution in [0.2, 0.25) is 0 Å². The fraction of sp³-hybridized carbons (Fsp3) is 0.308. The van der Waals surface area contributed by atoms with Crippen molar-refractivity contribution in [2.45, 2.75) is 19.9 Å². The van der Waals surface area contributed by atoms with Gasteiger partial charge in [0.05, 0.1) is 11.7 Å². The quantitative estimate of drug-likeness (QED) is 0.900. The van der Waals surface area contributed by atoms with Crippen molar-refractivity contribution >= 4 is 11.3 Å². The molecule has 0 aliphatic heterocycles. The lowest BCUT2D eigenvalue weighted by atomic mass is 10.1. The predicted molar refractivity (Wildman–Crippen MR) is 68.8 cm³/mol. The Morgan fingerprint density at radius 1 is 1.53 bits per heavy atom. The van der Waals surface area contributed by atoms with Gasteiger partial charge in [0, 0.05) is 11.1 Å². The van der Waals surface area contributed by atoms with E-state index in [-0.39, 0.29) is 11.9 Å². The van der Waals surface area contributed by atoms with Gasteiger partial charge in [0.15, 0.2) is 0 Å². The highest BCUT2D eigenvalue weighted by atomic mass is 32.1. The first-order chi connectivity index (χ1) is 8.22. The maximum atomic E-state index is 13.8. The molecular weight excluding hydrogens is 235 g/mol. The van der Waals surface area contributed by atoms with Crippen LogP contribution in [-0.2, 0) is 0 Å². The van der Waals surface area contributed by atoms with Gasteiger partial charge in [-0.05, 0) is 42.6 Å². The smallest absolute Gasteiger partial charge is 0.146 e. The first-order valence-electron chi connectivity index (χ1n) is 5.61. The number of hydrogen-bond acceptors (Lipinski definition) is 3. The number of thiophene rings is 1. The van der Waals surface area contributed by atoms with Crippen molar-refractivity contribution in [3.63, 3.8) is 0 Å². The van der Waals surface area contributed by atoms with E-state index in [4.69, 9.17) is 0 Å². The van der Waals surface area contributed by atoms with Gasteiger partial charge >= 0.3 is 0 Å². The minimum atomic E-state index is -0.262. The van der Waals surface area contributed by atoms with Gasteiger partial charge in [-0.25, -0.2) is 4.39 Å². The third kappa shape index (κ3) is 2.70. The van der Waals surface area contributed by atoms with E-state index in [0.717, 1.165) is 12.1 Å². The summed E-state index contributed by atoms with van der Waals surface area (Å²) in [6.45, 7) is 4.83. The topological polar surface area (TPSA) is 24.9 Å². The van der Waals surface area contributed by atoms with Crippen LogP contribution in [0.4, 0.5) is 4.39 Å². The molecule has 0 aromatic carbocycles. The van der Waals surface area contributed by atoms with Crippen LogP contribution in [0.25, 0.3) is 0 Å². The molecule has 0 saturated heterocycles. The molecule has 17 heavy (non-hydrogen) atoms. The Morgan fingerprint density at radius 3 is 2.94 bits per heavy atom. The van der Waals surface area contributed by atoms with Crippen molar-refractivity contribution in [1.29, 1.82) is 0 Å². The molecule has 2 rings (SSSR count). The Bertz CT molecular complexity index is 496. The number of rotatable bonds is 4. The molecule has 1 atom stereocenters. The van der Waals surface area contributed by atoms with Crippen LogP contribution < -0.4 is 5.32 Å². The number of pyridine rings is 1. The molecule has 4 heteroatoms. The van der Waals surface area contributed by atoms with E-state index < -0.39 is 0 Å². The van der Waals surface area contributed by atoms with E-state index in [1.807, 2.05) is 13.8 Å². The molecule has 0 bridgehead atoms. The van der Waals surface area contributed by atoms with Crippen LogP contribution in [0.3, 0.4) is 0 Å². The molecular formula is C13H15FN2S. The van der Waals surface area contributed by atoms with Crippen LogP contribution in [0.5, 0.6) is 0 Å². The average Bonchev–Trinajstić information content (AvgIpc) is 2.74. The molecule has 0 fully saturated rings. The zero-order valence-electron chi connectivity index (χ0n) is 9.90. The third-order valence-electron chi connectivity index (χ3n) is 2.55. The monoisotopic (exact) mass is 250 g/mol. The largest absolute Gasteiger partial charge is 0.305 e. The van der Waals surface area contributed by atoms with E-state index in [9.17, 15) is 4.39 Å². The predicted octanol–water partition coefficient (Wildman–Crippen LogP) is 3.29. The highest BCUT2D eigenvalue weighted by molar-refractivity contribution is 7.10. The second kappa shape index (κ2) is 5.38. The van der Waals surface area contributed by atoms with E-state index in [1.165, 1.54) is 10.9 Å². The summed E-state index contributed by atoms with van der Waals surface area (Å²) < 4.78 is 13.8. The molecule has 0 spiro atoms. The second-order valence-electron chi connectivity index (χ2n) is 3.85. The molecule has 2 heterocycles. The first-order valence-corrected chi connectivity index (χ1v) is 6.49. The average molecular weight is 250 g/mol. The van der Waals surface area contributed by atoms with Gasteiger partial charge in [-0.2, -0.15) is 0 Å². The number of aromatic nitrogens is 1. The molecule has 2 nitrogen and oxygen atoms in total. The van der Waals surface area contributed by atoms with Gasteiger partial charge in [-0.3, -0.25) is 4.98 Å². The number of halogens is 1. The highest BCUT2D eigenvalue weighted by Crippen LogP contribution is 2.26. The maximum absolute atomic E-state index is 13.8.